The van der Waals surface area contributed by atoms with E-state index in [2.05, 4.69) is 13.0 Å². The Morgan fingerprint density at radius 3 is 2.74 bits per heavy atom. The van der Waals surface area contributed by atoms with E-state index >= 15 is 0 Å². The molecule has 0 bridgehead atoms. The summed E-state index contributed by atoms with van der Waals surface area (Å²) in [5.74, 6) is -1.06. The van der Waals surface area contributed by atoms with Gasteiger partial charge in [0.25, 0.3) is 0 Å². The molecule has 5 heteroatoms. The van der Waals surface area contributed by atoms with E-state index in [4.69, 9.17) is 9.84 Å². The fraction of sp³-hybridized carbons (Fsp3) is 0.722. The minimum Gasteiger partial charge on any atom is -0.481 e. The van der Waals surface area contributed by atoms with E-state index < -0.39 is 18.2 Å². The molecule has 1 heterocycles. The van der Waals surface area contributed by atoms with E-state index in [1.165, 1.54) is 12.8 Å². The highest BCUT2D eigenvalue weighted by atomic mass is 16.5. The van der Waals surface area contributed by atoms with Gasteiger partial charge >= 0.3 is 5.97 Å². The Morgan fingerprint density at radius 2 is 2.04 bits per heavy atom. The van der Waals surface area contributed by atoms with Crippen molar-refractivity contribution in [3.63, 3.8) is 0 Å². The van der Waals surface area contributed by atoms with Crippen molar-refractivity contribution in [1.29, 1.82) is 0 Å². The smallest absolute Gasteiger partial charge is 0.305 e. The fourth-order valence-electron chi connectivity index (χ4n) is 2.76. The van der Waals surface area contributed by atoms with E-state index in [-0.39, 0.29) is 12.8 Å². The summed E-state index contributed by atoms with van der Waals surface area (Å²) in [6, 6.07) is 0. The molecule has 1 rings (SSSR count). The van der Waals surface area contributed by atoms with Gasteiger partial charge in [-0.1, -0.05) is 24.3 Å². The fourth-order valence-corrected chi connectivity index (χ4v) is 2.76. The SMILES string of the molecule is C[C@@H]1CCC[C@@H](CC/C=C\C/C=C\[C@@H](O)C[C@@H](O)CC(=O)O)O1. The lowest BCUT2D eigenvalue weighted by Crippen LogP contribution is -2.25. The van der Waals surface area contributed by atoms with Gasteiger partial charge in [-0.25, -0.2) is 0 Å². The summed E-state index contributed by atoms with van der Waals surface area (Å²) in [4.78, 5) is 10.4. The minimum absolute atomic E-state index is 0.0454. The molecule has 5 nitrogen and oxygen atoms in total. The van der Waals surface area contributed by atoms with Crippen molar-refractivity contribution >= 4 is 5.97 Å². The lowest BCUT2D eigenvalue weighted by molar-refractivity contribution is -0.139. The van der Waals surface area contributed by atoms with Crippen molar-refractivity contribution in [3.05, 3.63) is 24.3 Å². The molecule has 0 spiro atoms. The maximum Gasteiger partial charge on any atom is 0.305 e. The maximum absolute atomic E-state index is 10.4. The average Bonchev–Trinajstić information content (AvgIpc) is 2.45. The topological polar surface area (TPSA) is 87.0 Å². The van der Waals surface area contributed by atoms with Crippen LogP contribution in [0.2, 0.25) is 0 Å². The predicted octanol–water partition coefficient (Wildman–Crippen LogP) is 2.81. The molecule has 0 saturated carbocycles. The summed E-state index contributed by atoms with van der Waals surface area (Å²) in [6.45, 7) is 2.13. The van der Waals surface area contributed by atoms with Gasteiger partial charge in [0.15, 0.2) is 0 Å². The monoisotopic (exact) mass is 326 g/mol. The first kappa shape index (κ1) is 19.9. The first-order valence-electron chi connectivity index (χ1n) is 8.52. The summed E-state index contributed by atoms with van der Waals surface area (Å²) < 4.78 is 5.86. The van der Waals surface area contributed by atoms with Crippen molar-refractivity contribution in [2.75, 3.05) is 0 Å². The van der Waals surface area contributed by atoms with Crippen LogP contribution in [0.4, 0.5) is 0 Å². The number of aliphatic hydroxyl groups is 2. The Kier molecular flexibility index (Phi) is 9.83. The summed E-state index contributed by atoms with van der Waals surface area (Å²) in [6.07, 6.45) is 12.6. The zero-order valence-electron chi connectivity index (χ0n) is 13.9. The highest BCUT2D eigenvalue weighted by molar-refractivity contribution is 5.67. The van der Waals surface area contributed by atoms with Gasteiger partial charge in [-0.05, 0) is 45.4 Å². The molecule has 3 N–H and O–H groups in total. The van der Waals surface area contributed by atoms with Gasteiger partial charge < -0.3 is 20.1 Å². The molecule has 0 aromatic heterocycles. The van der Waals surface area contributed by atoms with Crippen LogP contribution in [0.1, 0.15) is 58.3 Å². The van der Waals surface area contributed by atoms with Crippen molar-refractivity contribution in [2.24, 2.45) is 0 Å². The van der Waals surface area contributed by atoms with Crippen LogP contribution >= 0.6 is 0 Å². The molecule has 0 aromatic rings. The van der Waals surface area contributed by atoms with E-state index in [1.807, 2.05) is 12.2 Å². The second kappa shape index (κ2) is 11.4. The minimum atomic E-state index is -1.06. The normalized spacial score (nSPS) is 25.0. The van der Waals surface area contributed by atoms with E-state index in [0.29, 0.717) is 18.6 Å². The van der Waals surface area contributed by atoms with E-state index in [9.17, 15) is 15.0 Å². The van der Waals surface area contributed by atoms with Gasteiger partial charge in [0.05, 0.1) is 30.8 Å². The Balaban J connectivity index is 2.09. The van der Waals surface area contributed by atoms with Crippen LogP contribution in [0.15, 0.2) is 24.3 Å². The standard InChI is InChI=1S/C18H30O5/c1-14-8-7-11-17(23-14)10-6-4-2-3-5-9-15(19)12-16(20)13-18(21)22/h2,4-5,9,14-17,19-20H,3,6-8,10-13H2,1H3,(H,21,22)/b4-2-,9-5-/t14-,15-,16-,17-/m1/s1. The molecule has 1 saturated heterocycles. The van der Waals surface area contributed by atoms with Gasteiger partial charge in [-0.2, -0.15) is 0 Å². The Labute approximate surface area is 138 Å². The summed E-state index contributed by atoms with van der Waals surface area (Å²) in [7, 11) is 0. The molecule has 0 aromatic carbocycles. The molecular weight excluding hydrogens is 296 g/mol. The predicted molar refractivity (Wildman–Crippen MR) is 89.2 cm³/mol. The third kappa shape index (κ3) is 10.3. The van der Waals surface area contributed by atoms with Crippen molar-refractivity contribution in [1.82, 2.24) is 0 Å². The van der Waals surface area contributed by atoms with Crippen LogP contribution in [0.3, 0.4) is 0 Å². The van der Waals surface area contributed by atoms with Gasteiger partial charge in [-0.15, -0.1) is 0 Å². The summed E-state index contributed by atoms with van der Waals surface area (Å²) in [5, 5.41) is 27.6. The summed E-state index contributed by atoms with van der Waals surface area (Å²) in [5.41, 5.74) is 0. The summed E-state index contributed by atoms with van der Waals surface area (Å²) >= 11 is 0. The molecule has 132 valence electrons. The maximum atomic E-state index is 10.4. The molecule has 0 radical (unpaired) electrons. The van der Waals surface area contributed by atoms with Gasteiger partial charge in [-0.3, -0.25) is 4.79 Å². The zero-order chi connectivity index (χ0) is 17.1. The van der Waals surface area contributed by atoms with Crippen LogP contribution < -0.4 is 0 Å². The number of aliphatic hydroxyl groups excluding tert-OH is 2. The largest absolute Gasteiger partial charge is 0.481 e. The Bertz CT molecular complexity index is 391. The first-order valence-corrected chi connectivity index (χ1v) is 8.52. The van der Waals surface area contributed by atoms with Crippen LogP contribution in [-0.2, 0) is 9.53 Å². The first-order chi connectivity index (χ1) is 11.0. The quantitative estimate of drug-likeness (QED) is 0.537. The highest BCUT2D eigenvalue weighted by Crippen LogP contribution is 2.21. The molecule has 1 aliphatic heterocycles. The van der Waals surface area contributed by atoms with Gasteiger partial charge in [0.2, 0.25) is 0 Å². The molecule has 0 unspecified atom stereocenters. The molecule has 1 aliphatic rings. The van der Waals surface area contributed by atoms with Crippen molar-refractivity contribution < 1.29 is 24.9 Å². The number of carbonyl (C=O) groups is 1. The number of hydrogen-bond acceptors (Lipinski definition) is 4. The van der Waals surface area contributed by atoms with Crippen molar-refractivity contribution in [3.8, 4) is 0 Å². The molecule has 1 fully saturated rings. The van der Waals surface area contributed by atoms with E-state index in [1.54, 1.807) is 6.08 Å². The van der Waals surface area contributed by atoms with Crippen LogP contribution in [0.5, 0.6) is 0 Å². The molecule has 0 amide bonds. The highest BCUT2D eigenvalue weighted by Gasteiger charge is 2.17. The van der Waals surface area contributed by atoms with Crippen LogP contribution in [-0.4, -0.2) is 45.7 Å². The van der Waals surface area contributed by atoms with E-state index in [0.717, 1.165) is 19.3 Å². The molecular formula is C18H30O5. The number of allylic oxidation sites excluding steroid dienone is 3. The third-order valence-electron chi connectivity index (χ3n) is 3.94. The Hall–Kier alpha value is -1.17. The number of carboxylic acids is 1. The van der Waals surface area contributed by atoms with Gasteiger partial charge in [0, 0.05) is 6.42 Å². The van der Waals surface area contributed by atoms with Gasteiger partial charge in [0.1, 0.15) is 0 Å². The Morgan fingerprint density at radius 1 is 1.26 bits per heavy atom. The number of carboxylic acid groups (broad SMARTS) is 1. The zero-order valence-corrected chi connectivity index (χ0v) is 13.9. The van der Waals surface area contributed by atoms with Crippen LogP contribution in [0, 0.1) is 0 Å². The van der Waals surface area contributed by atoms with Crippen molar-refractivity contribution in [2.45, 2.75) is 82.7 Å². The number of aliphatic carboxylic acids is 1. The number of ether oxygens (including phenoxy) is 1. The lowest BCUT2D eigenvalue weighted by atomic mass is 10.0. The number of hydrogen-bond donors (Lipinski definition) is 3. The second-order valence-corrected chi connectivity index (χ2v) is 6.27. The number of rotatable bonds is 10. The molecule has 23 heavy (non-hydrogen) atoms. The average molecular weight is 326 g/mol. The lowest BCUT2D eigenvalue weighted by Gasteiger charge is -2.27. The molecule has 4 atom stereocenters. The van der Waals surface area contributed by atoms with Crippen LogP contribution in [0.25, 0.3) is 0 Å². The molecule has 0 aliphatic carbocycles. The second-order valence-electron chi connectivity index (χ2n) is 6.27. The third-order valence-corrected chi connectivity index (χ3v) is 3.94.